The van der Waals surface area contributed by atoms with Crippen molar-refractivity contribution in [3.63, 3.8) is 0 Å². The molecule has 0 bridgehead atoms. The molecule has 23 heavy (non-hydrogen) atoms. The summed E-state index contributed by atoms with van der Waals surface area (Å²) in [6, 6.07) is 0. The van der Waals surface area contributed by atoms with Crippen LogP contribution in [-0.2, 0) is 17.6 Å². The highest BCUT2D eigenvalue weighted by Gasteiger charge is 2.56. The number of rotatable bonds is 2. The number of likely N-dealkylation sites (tertiary alicyclic amines) is 1. The van der Waals surface area contributed by atoms with Gasteiger partial charge in [0.1, 0.15) is 0 Å². The Labute approximate surface area is 140 Å². The molecule has 1 N–H and O–H groups in total. The molecule has 1 amide bonds. The maximum Gasteiger partial charge on any atom is 0.311 e. The van der Waals surface area contributed by atoms with E-state index in [9.17, 15) is 14.7 Å². The monoisotopic (exact) mass is 333 g/mol. The van der Waals surface area contributed by atoms with Gasteiger partial charge in [-0.05, 0) is 49.5 Å². The lowest BCUT2D eigenvalue weighted by atomic mass is 9.81. The summed E-state index contributed by atoms with van der Waals surface area (Å²) in [6.07, 6.45) is 5.85. The largest absolute Gasteiger partial charge is 0.481 e. The van der Waals surface area contributed by atoms with Crippen LogP contribution in [0.15, 0.2) is 5.38 Å². The van der Waals surface area contributed by atoms with Crippen LogP contribution in [0.2, 0.25) is 0 Å². The first-order valence-electron chi connectivity index (χ1n) is 8.63. The standard InChI is InChI=1S/C18H23NO3S/c1-11-4-5-13-14(9-23-15(13)7-11)16(20)19-8-12-3-2-6-18(12,10-19)17(21)22/h9,11-12H,2-8,10H2,1H3,(H,21,22)/t11?,12-,18+/m0/s1. The van der Waals surface area contributed by atoms with Crippen LogP contribution in [0.1, 0.15) is 53.4 Å². The van der Waals surface area contributed by atoms with Crippen LogP contribution >= 0.6 is 11.3 Å². The van der Waals surface area contributed by atoms with Gasteiger partial charge in [0.25, 0.3) is 5.91 Å². The van der Waals surface area contributed by atoms with Crippen LogP contribution in [0.25, 0.3) is 0 Å². The summed E-state index contributed by atoms with van der Waals surface area (Å²) in [7, 11) is 0. The highest BCUT2D eigenvalue weighted by atomic mass is 32.1. The van der Waals surface area contributed by atoms with E-state index in [2.05, 4.69) is 6.92 Å². The van der Waals surface area contributed by atoms with E-state index in [1.165, 1.54) is 10.4 Å². The van der Waals surface area contributed by atoms with Crippen LogP contribution in [0.5, 0.6) is 0 Å². The summed E-state index contributed by atoms with van der Waals surface area (Å²) in [6.45, 7) is 3.28. The van der Waals surface area contributed by atoms with Crippen LogP contribution in [0.3, 0.4) is 0 Å². The molecule has 0 aromatic carbocycles. The average Bonchev–Trinajstić information content (AvgIpc) is 3.17. The highest BCUT2D eigenvalue weighted by molar-refractivity contribution is 7.10. The summed E-state index contributed by atoms with van der Waals surface area (Å²) in [5.74, 6) is 0.188. The lowest BCUT2D eigenvalue weighted by molar-refractivity contribution is -0.149. The molecule has 0 radical (unpaired) electrons. The molecule has 1 saturated heterocycles. The third-order valence-electron chi connectivity index (χ3n) is 6.22. The predicted molar refractivity (Wildman–Crippen MR) is 88.8 cm³/mol. The molecule has 1 aliphatic heterocycles. The van der Waals surface area contributed by atoms with Crippen LogP contribution < -0.4 is 0 Å². The number of carbonyl (C=O) groups excluding carboxylic acids is 1. The van der Waals surface area contributed by atoms with Gasteiger partial charge in [-0.3, -0.25) is 9.59 Å². The number of carboxylic acids is 1. The number of carboxylic acid groups (broad SMARTS) is 1. The van der Waals surface area contributed by atoms with Gasteiger partial charge >= 0.3 is 5.97 Å². The van der Waals surface area contributed by atoms with Gasteiger partial charge in [0, 0.05) is 23.3 Å². The quantitative estimate of drug-likeness (QED) is 0.904. The van der Waals surface area contributed by atoms with Gasteiger partial charge in [-0.2, -0.15) is 0 Å². The normalized spacial score (nSPS) is 32.7. The first kappa shape index (κ1) is 15.2. The Kier molecular flexibility index (Phi) is 3.52. The minimum absolute atomic E-state index is 0.0621. The van der Waals surface area contributed by atoms with Gasteiger partial charge < -0.3 is 10.0 Å². The zero-order chi connectivity index (χ0) is 16.2. The number of carbonyl (C=O) groups is 2. The molecule has 2 fully saturated rings. The molecule has 1 unspecified atom stereocenters. The summed E-state index contributed by atoms with van der Waals surface area (Å²) < 4.78 is 0. The van der Waals surface area contributed by atoms with Gasteiger partial charge in [0.2, 0.25) is 0 Å². The SMILES string of the molecule is CC1CCc2c(C(=O)N3C[C@@H]4CCC[C@@]4(C(=O)O)C3)csc2C1. The fourth-order valence-electron chi connectivity index (χ4n) is 4.82. The Morgan fingerprint density at radius 2 is 2.22 bits per heavy atom. The lowest BCUT2D eigenvalue weighted by Crippen LogP contribution is -2.37. The molecule has 4 rings (SSSR count). The number of hydrogen-bond acceptors (Lipinski definition) is 3. The van der Waals surface area contributed by atoms with Gasteiger partial charge in [-0.25, -0.2) is 0 Å². The van der Waals surface area contributed by atoms with Crippen molar-refractivity contribution in [2.24, 2.45) is 17.3 Å². The molecule has 2 heterocycles. The number of thiophene rings is 1. The van der Waals surface area contributed by atoms with Crippen molar-refractivity contribution in [3.05, 3.63) is 21.4 Å². The van der Waals surface area contributed by atoms with Gasteiger partial charge in [0.15, 0.2) is 0 Å². The second-order valence-electron chi connectivity index (χ2n) is 7.64. The van der Waals surface area contributed by atoms with E-state index < -0.39 is 11.4 Å². The molecular formula is C18H23NO3S. The maximum absolute atomic E-state index is 13.0. The molecule has 3 atom stereocenters. The molecule has 1 saturated carbocycles. The van der Waals surface area contributed by atoms with E-state index in [0.717, 1.165) is 44.1 Å². The summed E-state index contributed by atoms with van der Waals surface area (Å²) in [5, 5.41) is 11.7. The number of hydrogen-bond donors (Lipinski definition) is 1. The van der Waals surface area contributed by atoms with Crippen molar-refractivity contribution in [1.82, 2.24) is 4.90 Å². The van der Waals surface area contributed by atoms with Crippen LogP contribution in [0.4, 0.5) is 0 Å². The molecule has 1 aromatic rings. The van der Waals surface area contributed by atoms with Crippen molar-refractivity contribution in [2.45, 2.75) is 45.4 Å². The molecule has 4 nitrogen and oxygen atoms in total. The average molecular weight is 333 g/mol. The Balaban J connectivity index is 1.59. The summed E-state index contributed by atoms with van der Waals surface area (Å²) >= 11 is 1.71. The van der Waals surface area contributed by atoms with Crippen molar-refractivity contribution in [1.29, 1.82) is 0 Å². The van der Waals surface area contributed by atoms with Gasteiger partial charge in [0.05, 0.1) is 11.0 Å². The zero-order valence-corrected chi connectivity index (χ0v) is 14.3. The molecule has 2 aliphatic carbocycles. The van der Waals surface area contributed by atoms with Gasteiger partial charge in [-0.1, -0.05) is 13.3 Å². The smallest absolute Gasteiger partial charge is 0.311 e. The number of amides is 1. The lowest BCUT2D eigenvalue weighted by Gasteiger charge is -2.24. The molecule has 124 valence electrons. The topological polar surface area (TPSA) is 57.6 Å². The minimum atomic E-state index is -0.712. The number of fused-ring (bicyclic) bond motifs is 2. The Hall–Kier alpha value is -1.36. The fraction of sp³-hybridized carbons (Fsp3) is 0.667. The van der Waals surface area contributed by atoms with E-state index in [-0.39, 0.29) is 11.8 Å². The van der Waals surface area contributed by atoms with E-state index in [4.69, 9.17) is 0 Å². The Bertz CT molecular complexity index is 667. The minimum Gasteiger partial charge on any atom is -0.481 e. The molecule has 3 aliphatic rings. The Morgan fingerprint density at radius 1 is 1.39 bits per heavy atom. The van der Waals surface area contributed by atoms with Gasteiger partial charge in [-0.15, -0.1) is 11.3 Å². The van der Waals surface area contributed by atoms with E-state index >= 15 is 0 Å². The third kappa shape index (κ3) is 2.24. The van der Waals surface area contributed by atoms with Crippen molar-refractivity contribution < 1.29 is 14.7 Å². The Morgan fingerprint density at radius 3 is 2.96 bits per heavy atom. The molecular weight excluding hydrogens is 310 g/mol. The summed E-state index contributed by atoms with van der Waals surface area (Å²) in [4.78, 5) is 28.0. The molecule has 1 aromatic heterocycles. The second-order valence-corrected chi connectivity index (χ2v) is 8.60. The first-order valence-corrected chi connectivity index (χ1v) is 9.51. The maximum atomic E-state index is 13.0. The van der Waals surface area contributed by atoms with E-state index in [1.54, 1.807) is 11.3 Å². The number of aliphatic carboxylic acids is 1. The first-order chi connectivity index (χ1) is 11.0. The van der Waals surface area contributed by atoms with Crippen molar-refractivity contribution >= 4 is 23.2 Å². The second kappa shape index (κ2) is 5.33. The van der Waals surface area contributed by atoms with Crippen LogP contribution in [0, 0.1) is 17.3 Å². The van der Waals surface area contributed by atoms with E-state index in [0.29, 0.717) is 19.0 Å². The van der Waals surface area contributed by atoms with E-state index in [1.807, 2.05) is 10.3 Å². The molecule has 5 heteroatoms. The summed E-state index contributed by atoms with van der Waals surface area (Å²) in [5.41, 5.74) is 1.40. The van der Waals surface area contributed by atoms with Crippen molar-refractivity contribution in [2.75, 3.05) is 13.1 Å². The predicted octanol–water partition coefficient (Wildman–Crippen LogP) is 3.20. The van der Waals surface area contributed by atoms with Crippen LogP contribution in [-0.4, -0.2) is 35.0 Å². The zero-order valence-electron chi connectivity index (χ0n) is 13.5. The number of nitrogens with zero attached hydrogens (tertiary/aromatic N) is 1. The third-order valence-corrected chi connectivity index (χ3v) is 7.27. The molecule has 0 spiro atoms. The highest BCUT2D eigenvalue weighted by Crippen LogP contribution is 2.49. The fourth-order valence-corrected chi connectivity index (χ4v) is 6.06. The van der Waals surface area contributed by atoms with Crippen molar-refractivity contribution in [3.8, 4) is 0 Å².